The van der Waals surface area contributed by atoms with Crippen molar-refractivity contribution in [2.24, 2.45) is 0 Å². The Morgan fingerprint density at radius 3 is 1.93 bits per heavy atom. The molecule has 5 rings (SSSR count). The third-order valence-electron chi connectivity index (χ3n) is 7.37. The molecule has 10 heteroatoms. The normalized spacial score (nSPS) is 17.2. The van der Waals surface area contributed by atoms with E-state index in [0.29, 0.717) is 12.0 Å². The predicted octanol–water partition coefficient (Wildman–Crippen LogP) is 9.63. The van der Waals surface area contributed by atoms with Crippen LogP contribution in [-0.4, -0.2) is 19.3 Å². The van der Waals surface area contributed by atoms with E-state index in [-0.39, 0.29) is 41.0 Å². The largest absolute Gasteiger partial charge is 0.386 e. The van der Waals surface area contributed by atoms with Gasteiger partial charge in [-0.1, -0.05) is 56.2 Å². The zero-order valence-corrected chi connectivity index (χ0v) is 23.7. The molecule has 0 saturated carbocycles. The first-order valence-corrected chi connectivity index (χ1v) is 14.2. The van der Waals surface area contributed by atoms with Gasteiger partial charge in [-0.05, 0) is 65.9 Å². The van der Waals surface area contributed by atoms with Crippen LogP contribution >= 0.6 is 0 Å². The summed E-state index contributed by atoms with van der Waals surface area (Å²) < 4.78 is 117. The van der Waals surface area contributed by atoms with Crippen molar-refractivity contribution >= 4 is 0 Å². The maximum Gasteiger partial charge on any atom is 0.386 e. The molecule has 0 aliphatic carbocycles. The lowest BCUT2D eigenvalue weighted by Gasteiger charge is -2.32. The number of hydrogen-bond acceptors (Lipinski definition) is 3. The number of benzene rings is 4. The molecular weight excluding hydrogens is 589 g/mol. The standard InChI is InChI=1S/C34H29F7O3/c1-2-3-4-5-20-6-12-27(31(38)14-20)34(40,41)44-24-18-42-33(43-19-24)23-8-11-26(30(37)17-23)21-7-10-25(29(36)15-21)22-9-13-28(35)32(39)16-22/h6-17,24,33H,2-5,18-19H2,1H3. The highest BCUT2D eigenvalue weighted by atomic mass is 19.3. The third kappa shape index (κ3) is 7.14. The minimum Gasteiger partial charge on any atom is -0.346 e. The molecule has 1 aliphatic rings. The van der Waals surface area contributed by atoms with Gasteiger partial charge in [0.2, 0.25) is 0 Å². The molecule has 0 aromatic heterocycles. The molecule has 1 fully saturated rings. The highest BCUT2D eigenvalue weighted by Crippen LogP contribution is 2.36. The fourth-order valence-corrected chi connectivity index (χ4v) is 5.04. The summed E-state index contributed by atoms with van der Waals surface area (Å²) in [7, 11) is 0. The molecule has 0 atom stereocenters. The van der Waals surface area contributed by atoms with Crippen LogP contribution in [0.15, 0.2) is 72.8 Å². The average Bonchev–Trinajstić information content (AvgIpc) is 2.99. The second-order valence-electron chi connectivity index (χ2n) is 10.6. The van der Waals surface area contributed by atoms with Crippen LogP contribution in [0.5, 0.6) is 0 Å². The van der Waals surface area contributed by atoms with E-state index in [1.54, 1.807) is 0 Å². The van der Waals surface area contributed by atoms with Crippen molar-refractivity contribution in [3.63, 3.8) is 0 Å². The van der Waals surface area contributed by atoms with Gasteiger partial charge in [0.05, 0.1) is 18.8 Å². The minimum absolute atomic E-state index is 0.0122. The zero-order chi connectivity index (χ0) is 31.4. The SMILES string of the molecule is CCCCCc1ccc(C(F)(F)OC2COC(c3ccc(-c4ccc(-c5ccc(F)c(F)c5)c(F)c4)c(F)c3)OC2)c(F)c1. The van der Waals surface area contributed by atoms with Gasteiger partial charge < -0.3 is 14.2 Å². The molecule has 3 nitrogen and oxygen atoms in total. The summed E-state index contributed by atoms with van der Waals surface area (Å²) in [5.41, 5.74) is 0.380. The van der Waals surface area contributed by atoms with Crippen LogP contribution in [0, 0.1) is 29.1 Å². The molecule has 1 saturated heterocycles. The van der Waals surface area contributed by atoms with Crippen LogP contribution in [0.25, 0.3) is 22.3 Å². The van der Waals surface area contributed by atoms with Gasteiger partial charge >= 0.3 is 6.11 Å². The molecule has 0 spiro atoms. The number of hydrogen-bond donors (Lipinski definition) is 0. The van der Waals surface area contributed by atoms with Crippen LogP contribution in [0.2, 0.25) is 0 Å². The van der Waals surface area contributed by atoms with Crippen LogP contribution in [0.1, 0.15) is 49.2 Å². The first-order valence-electron chi connectivity index (χ1n) is 14.2. The molecule has 44 heavy (non-hydrogen) atoms. The summed E-state index contributed by atoms with van der Waals surface area (Å²) >= 11 is 0. The quantitative estimate of drug-likeness (QED) is 0.131. The summed E-state index contributed by atoms with van der Waals surface area (Å²) in [5, 5.41) is 0. The van der Waals surface area contributed by atoms with Crippen molar-refractivity contribution in [2.45, 2.75) is 51.1 Å². The van der Waals surface area contributed by atoms with Gasteiger partial charge in [0.1, 0.15) is 23.6 Å². The van der Waals surface area contributed by atoms with E-state index in [0.717, 1.165) is 55.7 Å². The second-order valence-corrected chi connectivity index (χ2v) is 10.6. The molecule has 0 N–H and O–H groups in total. The van der Waals surface area contributed by atoms with E-state index in [1.807, 2.05) is 6.92 Å². The second kappa shape index (κ2) is 13.5. The topological polar surface area (TPSA) is 27.7 Å². The van der Waals surface area contributed by atoms with Crippen molar-refractivity contribution in [3.05, 3.63) is 119 Å². The van der Waals surface area contributed by atoms with E-state index >= 15 is 4.39 Å². The first-order chi connectivity index (χ1) is 21.1. The van der Waals surface area contributed by atoms with Crippen molar-refractivity contribution in [3.8, 4) is 22.3 Å². The highest BCUT2D eigenvalue weighted by Gasteiger charge is 2.40. The van der Waals surface area contributed by atoms with Gasteiger partial charge in [0.15, 0.2) is 17.9 Å². The number of alkyl halides is 2. The molecule has 0 unspecified atom stereocenters. The van der Waals surface area contributed by atoms with Gasteiger partial charge in [0, 0.05) is 16.7 Å². The molecule has 232 valence electrons. The first kappa shape index (κ1) is 31.7. The molecule has 1 aliphatic heterocycles. The Kier molecular flexibility index (Phi) is 9.72. The summed E-state index contributed by atoms with van der Waals surface area (Å²) in [5.74, 6) is -4.74. The maximum absolute atomic E-state index is 15.1. The van der Waals surface area contributed by atoms with Gasteiger partial charge in [-0.15, -0.1) is 0 Å². The summed E-state index contributed by atoms with van der Waals surface area (Å²) in [6, 6.07) is 14.4. The van der Waals surface area contributed by atoms with Crippen LogP contribution < -0.4 is 0 Å². The predicted molar refractivity (Wildman–Crippen MR) is 150 cm³/mol. The number of halogens is 7. The van der Waals surface area contributed by atoms with E-state index in [2.05, 4.69) is 0 Å². The van der Waals surface area contributed by atoms with E-state index in [4.69, 9.17) is 14.2 Å². The van der Waals surface area contributed by atoms with Crippen molar-refractivity contribution in [1.29, 1.82) is 0 Å². The van der Waals surface area contributed by atoms with Crippen LogP contribution in [0.4, 0.5) is 30.7 Å². The highest BCUT2D eigenvalue weighted by molar-refractivity contribution is 5.71. The number of ether oxygens (including phenoxy) is 3. The lowest BCUT2D eigenvalue weighted by atomic mass is 9.98. The van der Waals surface area contributed by atoms with Gasteiger partial charge in [0.25, 0.3) is 0 Å². The Hall–Kier alpha value is -3.73. The Morgan fingerprint density at radius 2 is 1.32 bits per heavy atom. The van der Waals surface area contributed by atoms with Gasteiger partial charge in [-0.25, -0.2) is 22.0 Å². The fraction of sp³-hybridized carbons (Fsp3) is 0.294. The van der Waals surface area contributed by atoms with Gasteiger partial charge in [-0.2, -0.15) is 8.78 Å². The van der Waals surface area contributed by atoms with Crippen LogP contribution in [0.3, 0.4) is 0 Å². The minimum atomic E-state index is -3.93. The zero-order valence-electron chi connectivity index (χ0n) is 23.7. The lowest BCUT2D eigenvalue weighted by Crippen LogP contribution is -2.38. The lowest BCUT2D eigenvalue weighted by molar-refractivity contribution is -0.321. The molecule has 0 radical (unpaired) electrons. The Morgan fingerprint density at radius 1 is 0.682 bits per heavy atom. The molecule has 0 bridgehead atoms. The summed E-state index contributed by atoms with van der Waals surface area (Å²) in [6.45, 7) is 1.39. The maximum atomic E-state index is 15.1. The number of aryl methyl sites for hydroxylation is 1. The molecule has 0 amide bonds. The van der Waals surface area contributed by atoms with Crippen molar-refractivity contribution in [1.82, 2.24) is 0 Å². The Labute approximate surface area is 250 Å². The summed E-state index contributed by atoms with van der Waals surface area (Å²) in [6.07, 6.45) is -2.86. The average molecular weight is 619 g/mol. The monoisotopic (exact) mass is 618 g/mol. The fourth-order valence-electron chi connectivity index (χ4n) is 5.04. The molecular formula is C34H29F7O3. The van der Waals surface area contributed by atoms with Crippen LogP contribution in [-0.2, 0) is 26.7 Å². The van der Waals surface area contributed by atoms with Crippen molar-refractivity contribution < 1.29 is 44.9 Å². The summed E-state index contributed by atoms with van der Waals surface area (Å²) in [4.78, 5) is 0. The van der Waals surface area contributed by atoms with Gasteiger partial charge in [-0.3, -0.25) is 0 Å². The number of rotatable bonds is 10. The molecule has 4 aromatic carbocycles. The van der Waals surface area contributed by atoms with Crippen molar-refractivity contribution in [2.75, 3.05) is 13.2 Å². The third-order valence-corrected chi connectivity index (χ3v) is 7.37. The Balaban J connectivity index is 1.21. The van der Waals surface area contributed by atoms with E-state index in [9.17, 15) is 26.3 Å². The molecule has 1 heterocycles. The Bertz CT molecular complexity index is 1620. The molecule has 4 aromatic rings. The van der Waals surface area contributed by atoms with E-state index in [1.165, 1.54) is 36.4 Å². The number of unbranched alkanes of at least 4 members (excludes halogenated alkanes) is 2. The smallest absolute Gasteiger partial charge is 0.346 e. The van der Waals surface area contributed by atoms with E-state index < -0.39 is 53.2 Å².